The van der Waals surface area contributed by atoms with E-state index in [1.165, 1.54) is 0 Å². The molecule has 1 saturated heterocycles. The molecule has 28 heavy (non-hydrogen) atoms. The van der Waals surface area contributed by atoms with E-state index in [4.69, 9.17) is 4.98 Å². The van der Waals surface area contributed by atoms with Gasteiger partial charge in [-0.2, -0.15) is 0 Å². The van der Waals surface area contributed by atoms with E-state index in [1.54, 1.807) is 6.33 Å². The lowest BCUT2D eigenvalue weighted by atomic mass is 9.99. The number of carbonyl (C=O) groups is 1. The number of rotatable bonds is 3. The number of aromatic nitrogens is 4. The summed E-state index contributed by atoms with van der Waals surface area (Å²) < 4.78 is 1.94. The molecule has 0 spiro atoms. The largest absolute Gasteiger partial charge is 0.353 e. The minimum Gasteiger partial charge on any atom is -0.353 e. The second-order valence-corrected chi connectivity index (χ2v) is 7.53. The third-order valence-corrected chi connectivity index (χ3v) is 5.59. The number of nitrogens with zero attached hydrogens (tertiary/aromatic N) is 5. The van der Waals surface area contributed by atoms with Crippen LogP contribution in [0.1, 0.15) is 35.7 Å². The van der Waals surface area contributed by atoms with Gasteiger partial charge in [0, 0.05) is 24.2 Å². The van der Waals surface area contributed by atoms with Crippen molar-refractivity contribution in [3.05, 3.63) is 66.0 Å². The summed E-state index contributed by atoms with van der Waals surface area (Å²) >= 11 is 0. The highest BCUT2D eigenvalue weighted by molar-refractivity contribution is 6.10. The molecule has 5 rings (SSSR count). The SMILES string of the molecule is CC1CCN(c2nc3ccc(C(=O)c4ccccc4)cc3n3cnnc23)CC1. The van der Waals surface area contributed by atoms with Gasteiger partial charge in [-0.25, -0.2) is 4.98 Å². The van der Waals surface area contributed by atoms with Crippen molar-refractivity contribution in [2.45, 2.75) is 19.8 Å². The Morgan fingerprint density at radius 3 is 2.61 bits per heavy atom. The first-order valence-corrected chi connectivity index (χ1v) is 9.69. The van der Waals surface area contributed by atoms with Gasteiger partial charge in [0.05, 0.1) is 11.0 Å². The van der Waals surface area contributed by atoms with Crippen molar-refractivity contribution in [2.75, 3.05) is 18.0 Å². The molecule has 0 radical (unpaired) electrons. The van der Waals surface area contributed by atoms with E-state index in [0.29, 0.717) is 11.1 Å². The molecule has 1 aliphatic heterocycles. The van der Waals surface area contributed by atoms with Crippen molar-refractivity contribution in [1.29, 1.82) is 0 Å². The van der Waals surface area contributed by atoms with E-state index in [1.807, 2.05) is 52.9 Å². The van der Waals surface area contributed by atoms with Crippen LogP contribution in [0.4, 0.5) is 5.82 Å². The minimum absolute atomic E-state index is 0.00202. The van der Waals surface area contributed by atoms with E-state index >= 15 is 0 Å². The van der Waals surface area contributed by atoms with Crippen molar-refractivity contribution in [2.24, 2.45) is 5.92 Å². The maximum Gasteiger partial charge on any atom is 0.204 e. The van der Waals surface area contributed by atoms with Gasteiger partial charge in [-0.1, -0.05) is 37.3 Å². The molecule has 0 atom stereocenters. The summed E-state index contributed by atoms with van der Waals surface area (Å²) in [5.74, 6) is 1.62. The summed E-state index contributed by atoms with van der Waals surface area (Å²) in [6.45, 7) is 4.25. The van der Waals surface area contributed by atoms with E-state index in [2.05, 4.69) is 22.0 Å². The van der Waals surface area contributed by atoms with Crippen molar-refractivity contribution in [1.82, 2.24) is 19.6 Å². The van der Waals surface area contributed by atoms with Crippen molar-refractivity contribution < 1.29 is 4.79 Å². The standard InChI is InChI=1S/C22H21N5O/c1-15-9-11-26(12-10-15)21-22-25-23-14-27(22)19-13-17(7-8-18(19)24-21)20(28)16-5-3-2-4-6-16/h2-8,13-15H,9-12H2,1H3. The maximum absolute atomic E-state index is 12.8. The molecule has 4 aromatic rings. The highest BCUT2D eigenvalue weighted by Crippen LogP contribution is 2.28. The molecule has 6 nitrogen and oxygen atoms in total. The Hall–Kier alpha value is -3.28. The van der Waals surface area contributed by atoms with Gasteiger partial charge in [0.2, 0.25) is 5.65 Å². The number of hydrogen-bond donors (Lipinski definition) is 0. The average molecular weight is 371 g/mol. The van der Waals surface area contributed by atoms with Gasteiger partial charge < -0.3 is 4.90 Å². The van der Waals surface area contributed by atoms with E-state index in [-0.39, 0.29) is 5.78 Å². The predicted molar refractivity (Wildman–Crippen MR) is 109 cm³/mol. The molecule has 0 saturated carbocycles. The summed E-state index contributed by atoms with van der Waals surface area (Å²) in [5, 5.41) is 8.44. The Balaban J connectivity index is 1.61. The molecule has 140 valence electrons. The molecular formula is C22H21N5O. The Morgan fingerprint density at radius 1 is 1.04 bits per heavy atom. The summed E-state index contributed by atoms with van der Waals surface area (Å²) in [6, 6.07) is 15.0. The van der Waals surface area contributed by atoms with Gasteiger partial charge in [0.15, 0.2) is 11.6 Å². The highest BCUT2D eigenvalue weighted by atomic mass is 16.1. The first-order valence-electron chi connectivity index (χ1n) is 9.69. The number of carbonyl (C=O) groups excluding carboxylic acids is 1. The van der Waals surface area contributed by atoms with Gasteiger partial charge in [-0.3, -0.25) is 9.20 Å². The molecule has 0 amide bonds. The van der Waals surface area contributed by atoms with Gasteiger partial charge >= 0.3 is 0 Å². The monoisotopic (exact) mass is 371 g/mol. The fourth-order valence-electron chi connectivity index (χ4n) is 3.87. The number of benzene rings is 2. The molecule has 1 aliphatic rings. The molecule has 3 heterocycles. The van der Waals surface area contributed by atoms with Crippen molar-refractivity contribution in [3.63, 3.8) is 0 Å². The van der Waals surface area contributed by atoms with Crippen LogP contribution in [0.2, 0.25) is 0 Å². The van der Waals surface area contributed by atoms with E-state index < -0.39 is 0 Å². The molecule has 0 unspecified atom stereocenters. The fraction of sp³-hybridized carbons (Fsp3) is 0.273. The number of fused-ring (bicyclic) bond motifs is 3. The zero-order chi connectivity index (χ0) is 19.1. The van der Waals surface area contributed by atoms with Crippen molar-refractivity contribution in [3.8, 4) is 0 Å². The number of anilines is 1. The smallest absolute Gasteiger partial charge is 0.204 e. The summed E-state index contributed by atoms with van der Waals surface area (Å²) in [5.41, 5.74) is 3.73. The molecular weight excluding hydrogens is 350 g/mol. The predicted octanol–water partition coefficient (Wildman–Crippen LogP) is 3.74. The zero-order valence-corrected chi connectivity index (χ0v) is 15.7. The summed E-state index contributed by atoms with van der Waals surface area (Å²) in [6.07, 6.45) is 4.02. The van der Waals surface area contributed by atoms with Crippen LogP contribution in [-0.2, 0) is 0 Å². The number of piperidine rings is 1. The van der Waals surface area contributed by atoms with Crippen LogP contribution >= 0.6 is 0 Å². The minimum atomic E-state index is -0.00202. The van der Waals surface area contributed by atoms with E-state index in [0.717, 1.165) is 54.3 Å². The lowest BCUT2D eigenvalue weighted by molar-refractivity contribution is 0.103. The Morgan fingerprint density at radius 2 is 1.82 bits per heavy atom. The first-order chi connectivity index (χ1) is 13.7. The van der Waals surface area contributed by atoms with Crippen LogP contribution in [0.5, 0.6) is 0 Å². The van der Waals surface area contributed by atoms with Crippen LogP contribution in [0, 0.1) is 5.92 Å². The third-order valence-electron chi connectivity index (χ3n) is 5.59. The van der Waals surface area contributed by atoms with Crippen LogP contribution in [0.25, 0.3) is 16.7 Å². The summed E-state index contributed by atoms with van der Waals surface area (Å²) in [4.78, 5) is 20.0. The van der Waals surface area contributed by atoms with Crippen LogP contribution in [-0.4, -0.2) is 38.5 Å². The molecule has 6 heteroatoms. The lowest BCUT2D eigenvalue weighted by Crippen LogP contribution is -2.33. The van der Waals surface area contributed by atoms with E-state index in [9.17, 15) is 4.79 Å². The molecule has 2 aromatic carbocycles. The molecule has 0 aliphatic carbocycles. The van der Waals surface area contributed by atoms with Gasteiger partial charge in [0.1, 0.15) is 6.33 Å². The molecule has 1 fully saturated rings. The average Bonchev–Trinajstić information content (AvgIpc) is 3.24. The topological polar surface area (TPSA) is 63.4 Å². The van der Waals surface area contributed by atoms with Crippen LogP contribution < -0.4 is 4.90 Å². The van der Waals surface area contributed by atoms with Crippen molar-refractivity contribution >= 4 is 28.3 Å². The summed E-state index contributed by atoms with van der Waals surface area (Å²) in [7, 11) is 0. The van der Waals surface area contributed by atoms with Gasteiger partial charge in [0.25, 0.3) is 0 Å². The second kappa shape index (κ2) is 6.71. The van der Waals surface area contributed by atoms with Gasteiger partial charge in [-0.05, 0) is 37.0 Å². The lowest BCUT2D eigenvalue weighted by Gasteiger charge is -2.31. The maximum atomic E-state index is 12.8. The van der Waals surface area contributed by atoms with Gasteiger partial charge in [-0.15, -0.1) is 10.2 Å². The zero-order valence-electron chi connectivity index (χ0n) is 15.7. The fourth-order valence-corrected chi connectivity index (χ4v) is 3.87. The second-order valence-electron chi connectivity index (χ2n) is 7.53. The quantitative estimate of drug-likeness (QED) is 0.513. The Labute approximate surface area is 162 Å². The normalized spacial score (nSPS) is 15.4. The Kier molecular flexibility index (Phi) is 4.04. The first kappa shape index (κ1) is 16.9. The highest BCUT2D eigenvalue weighted by Gasteiger charge is 2.22. The number of ketones is 1. The molecule has 0 bridgehead atoms. The molecule has 2 aromatic heterocycles. The Bertz CT molecular complexity index is 1160. The third kappa shape index (κ3) is 2.81. The molecule has 0 N–H and O–H groups in total. The number of hydrogen-bond acceptors (Lipinski definition) is 5. The van der Waals surface area contributed by atoms with Crippen LogP contribution in [0.3, 0.4) is 0 Å². The van der Waals surface area contributed by atoms with Crippen LogP contribution in [0.15, 0.2) is 54.9 Å².